The number of nitrogens with one attached hydrogen (secondary N) is 1. The molecule has 1 aromatic heterocycles. The lowest BCUT2D eigenvalue weighted by Gasteiger charge is -2.36. The molecule has 0 aromatic carbocycles. The fourth-order valence-corrected chi connectivity index (χ4v) is 2.85. The molecule has 0 unspecified atom stereocenters. The summed E-state index contributed by atoms with van der Waals surface area (Å²) < 4.78 is 7.01. The van der Waals surface area contributed by atoms with Gasteiger partial charge in [-0.2, -0.15) is 0 Å². The van der Waals surface area contributed by atoms with Crippen LogP contribution in [0.15, 0.2) is 12.3 Å². The minimum Gasteiger partial charge on any atom is -0.481 e. The van der Waals surface area contributed by atoms with E-state index in [1.165, 1.54) is 0 Å². The van der Waals surface area contributed by atoms with E-state index in [1.807, 2.05) is 6.92 Å². The molecule has 0 radical (unpaired) electrons. The monoisotopic (exact) mass is 314 g/mol. The number of aromatic nitrogens is 1. The third kappa shape index (κ3) is 3.77. The van der Waals surface area contributed by atoms with Crippen molar-refractivity contribution in [3.05, 3.63) is 23.0 Å². The molecule has 0 spiro atoms. The molecule has 6 nitrogen and oxygen atoms in total. The van der Waals surface area contributed by atoms with E-state index in [0.717, 1.165) is 0 Å². The van der Waals surface area contributed by atoms with E-state index in [4.69, 9.17) is 21.4 Å². The summed E-state index contributed by atoms with van der Waals surface area (Å²) in [5.41, 5.74) is -0.310. The first kappa shape index (κ1) is 15.9. The fourth-order valence-electron chi connectivity index (χ4n) is 2.63. The van der Waals surface area contributed by atoms with Gasteiger partial charge in [0.05, 0.1) is 17.0 Å². The number of aliphatic carboxylic acids is 1. The van der Waals surface area contributed by atoms with E-state index in [1.54, 1.807) is 16.8 Å². The van der Waals surface area contributed by atoms with Crippen LogP contribution in [0.5, 0.6) is 0 Å². The van der Waals surface area contributed by atoms with Crippen LogP contribution in [0.3, 0.4) is 0 Å². The predicted octanol–water partition coefficient (Wildman–Crippen LogP) is 1.92. The third-order valence-electron chi connectivity index (χ3n) is 3.75. The van der Waals surface area contributed by atoms with E-state index >= 15 is 0 Å². The zero-order chi connectivity index (χ0) is 15.5. The quantitative estimate of drug-likeness (QED) is 0.870. The second kappa shape index (κ2) is 6.49. The van der Waals surface area contributed by atoms with Crippen LogP contribution in [0.2, 0.25) is 5.02 Å². The number of nitrogens with zero attached hydrogens (tertiary/aromatic N) is 1. The SMILES string of the molecule is CCn1cc(Cl)cc1C(=O)NC1(CC(=O)O)CCOCC1. The zero-order valence-corrected chi connectivity index (χ0v) is 12.7. The Bertz CT molecular complexity index is 535. The number of carbonyl (C=O) groups is 2. The molecular formula is C14H19ClN2O4. The molecule has 0 aliphatic carbocycles. The van der Waals surface area contributed by atoms with E-state index in [-0.39, 0.29) is 12.3 Å². The Morgan fingerprint density at radius 3 is 2.71 bits per heavy atom. The predicted molar refractivity (Wildman–Crippen MR) is 77.6 cm³/mol. The van der Waals surface area contributed by atoms with Crippen LogP contribution in [-0.4, -0.2) is 40.3 Å². The van der Waals surface area contributed by atoms with Gasteiger partial charge in [-0.25, -0.2) is 0 Å². The highest BCUT2D eigenvalue weighted by Gasteiger charge is 2.37. The second-order valence-electron chi connectivity index (χ2n) is 5.25. The summed E-state index contributed by atoms with van der Waals surface area (Å²) >= 11 is 5.94. The molecule has 0 bridgehead atoms. The summed E-state index contributed by atoms with van der Waals surface area (Å²) in [5, 5.41) is 12.5. The molecule has 116 valence electrons. The molecule has 2 N–H and O–H groups in total. The lowest BCUT2D eigenvalue weighted by molar-refractivity contribution is -0.139. The smallest absolute Gasteiger partial charge is 0.305 e. The average Bonchev–Trinajstić information content (AvgIpc) is 2.80. The van der Waals surface area contributed by atoms with Crippen molar-refractivity contribution in [3.8, 4) is 0 Å². The zero-order valence-electron chi connectivity index (χ0n) is 11.9. The van der Waals surface area contributed by atoms with Crippen molar-refractivity contribution in [2.24, 2.45) is 0 Å². The Balaban J connectivity index is 2.19. The van der Waals surface area contributed by atoms with E-state index in [0.29, 0.717) is 43.3 Å². The number of halogens is 1. The van der Waals surface area contributed by atoms with Crippen LogP contribution in [0.25, 0.3) is 0 Å². The second-order valence-corrected chi connectivity index (χ2v) is 5.68. The number of hydrogen-bond acceptors (Lipinski definition) is 3. The number of carboxylic acid groups (broad SMARTS) is 1. The van der Waals surface area contributed by atoms with Gasteiger partial charge in [-0.15, -0.1) is 0 Å². The van der Waals surface area contributed by atoms with Crippen LogP contribution in [-0.2, 0) is 16.1 Å². The highest BCUT2D eigenvalue weighted by Crippen LogP contribution is 2.25. The Morgan fingerprint density at radius 1 is 1.48 bits per heavy atom. The van der Waals surface area contributed by atoms with Crippen molar-refractivity contribution >= 4 is 23.5 Å². The number of rotatable bonds is 5. The van der Waals surface area contributed by atoms with Crippen molar-refractivity contribution < 1.29 is 19.4 Å². The molecule has 1 aromatic rings. The van der Waals surface area contributed by atoms with E-state index in [9.17, 15) is 9.59 Å². The highest BCUT2D eigenvalue weighted by molar-refractivity contribution is 6.31. The van der Waals surface area contributed by atoms with Crippen LogP contribution < -0.4 is 5.32 Å². The van der Waals surface area contributed by atoms with Gasteiger partial charge in [-0.3, -0.25) is 9.59 Å². The van der Waals surface area contributed by atoms with Crippen molar-refractivity contribution in [2.45, 2.75) is 38.3 Å². The van der Waals surface area contributed by atoms with Crippen molar-refractivity contribution in [2.75, 3.05) is 13.2 Å². The first-order chi connectivity index (χ1) is 9.96. The van der Waals surface area contributed by atoms with Crippen molar-refractivity contribution in [1.29, 1.82) is 0 Å². The maximum Gasteiger partial charge on any atom is 0.305 e. The van der Waals surface area contributed by atoms with Gasteiger partial charge in [0.15, 0.2) is 0 Å². The van der Waals surface area contributed by atoms with Gasteiger partial charge in [0.2, 0.25) is 0 Å². The number of hydrogen-bond donors (Lipinski definition) is 2. The maximum atomic E-state index is 12.5. The van der Waals surface area contributed by atoms with Gasteiger partial charge >= 0.3 is 5.97 Å². The molecule has 1 amide bonds. The molecule has 0 saturated carbocycles. The van der Waals surface area contributed by atoms with Crippen molar-refractivity contribution in [1.82, 2.24) is 9.88 Å². The lowest BCUT2D eigenvalue weighted by atomic mass is 9.86. The van der Waals surface area contributed by atoms with E-state index < -0.39 is 11.5 Å². The van der Waals surface area contributed by atoms with Gasteiger partial charge in [-0.1, -0.05) is 11.6 Å². The van der Waals surface area contributed by atoms with Crippen LogP contribution in [0, 0.1) is 0 Å². The third-order valence-corrected chi connectivity index (χ3v) is 3.96. The van der Waals surface area contributed by atoms with Crippen molar-refractivity contribution in [3.63, 3.8) is 0 Å². The first-order valence-electron chi connectivity index (χ1n) is 6.93. The number of amides is 1. The minimum atomic E-state index is -0.930. The van der Waals surface area contributed by atoms with Gasteiger partial charge in [0.25, 0.3) is 5.91 Å². The molecule has 2 rings (SSSR count). The van der Waals surface area contributed by atoms with Crippen LogP contribution in [0.4, 0.5) is 0 Å². The number of carbonyl (C=O) groups excluding carboxylic acids is 1. The van der Waals surface area contributed by atoms with Gasteiger partial charge in [-0.05, 0) is 25.8 Å². The summed E-state index contributed by atoms with van der Waals surface area (Å²) in [6, 6.07) is 1.59. The molecule has 0 atom stereocenters. The van der Waals surface area contributed by atoms with Gasteiger partial charge in [0.1, 0.15) is 5.69 Å². The molecule has 7 heteroatoms. The molecule has 1 aliphatic rings. The van der Waals surface area contributed by atoms with Gasteiger partial charge < -0.3 is 19.7 Å². The maximum absolute atomic E-state index is 12.5. The first-order valence-corrected chi connectivity index (χ1v) is 7.31. The molecule has 1 fully saturated rings. The average molecular weight is 315 g/mol. The van der Waals surface area contributed by atoms with Crippen LogP contribution in [0.1, 0.15) is 36.7 Å². The Hall–Kier alpha value is -1.53. The molecule has 2 heterocycles. The molecular weight excluding hydrogens is 296 g/mol. The number of aryl methyl sites for hydroxylation is 1. The lowest BCUT2D eigenvalue weighted by Crippen LogP contribution is -2.53. The summed E-state index contributed by atoms with van der Waals surface area (Å²) in [6.45, 7) is 3.42. The summed E-state index contributed by atoms with van der Waals surface area (Å²) in [4.78, 5) is 23.6. The Morgan fingerprint density at radius 2 is 2.14 bits per heavy atom. The summed E-state index contributed by atoms with van der Waals surface area (Å²) in [6.07, 6.45) is 2.56. The topological polar surface area (TPSA) is 80.6 Å². The highest BCUT2D eigenvalue weighted by atomic mass is 35.5. The van der Waals surface area contributed by atoms with Gasteiger partial charge in [0, 0.05) is 26.0 Å². The molecule has 1 aliphatic heterocycles. The normalized spacial score (nSPS) is 17.4. The van der Waals surface area contributed by atoms with E-state index in [2.05, 4.69) is 5.32 Å². The number of carboxylic acids is 1. The van der Waals surface area contributed by atoms with Crippen LogP contribution >= 0.6 is 11.6 Å². The fraction of sp³-hybridized carbons (Fsp3) is 0.571. The standard InChI is InChI=1S/C14H19ClN2O4/c1-2-17-9-10(15)7-11(17)13(20)16-14(8-12(18)19)3-5-21-6-4-14/h7,9H,2-6,8H2,1H3,(H,16,20)(H,18,19). The summed E-state index contributed by atoms with van der Waals surface area (Å²) in [7, 11) is 0. The molecule has 21 heavy (non-hydrogen) atoms. The molecule has 1 saturated heterocycles. The number of ether oxygens (including phenoxy) is 1. The summed E-state index contributed by atoms with van der Waals surface area (Å²) in [5.74, 6) is -1.23. The Kier molecular flexibility index (Phi) is 4.90. The Labute approximate surface area is 128 Å². The largest absolute Gasteiger partial charge is 0.481 e. The minimum absolute atomic E-state index is 0.108.